The minimum absolute atomic E-state index is 0.0124. The molecule has 0 unspecified atom stereocenters. The van der Waals surface area contributed by atoms with Gasteiger partial charge in [-0.2, -0.15) is 4.39 Å². The first-order chi connectivity index (χ1) is 7.24. The summed E-state index contributed by atoms with van der Waals surface area (Å²) in [6.45, 7) is 1.85. The zero-order valence-electron chi connectivity index (χ0n) is 8.40. The zero-order valence-corrected chi connectivity index (χ0v) is 8.40. The molecule has 0 fully saturated rings. The van der Waals surface area contributed by atoms with Gasteiger partial charge >= 0.3 is 5.97 Å². The monoisotopic (exact) mass is 213 g/mol. The summed E-state index contributed by atoms with van der Waals surface area (Å²) < 4.78 is 22.6. The Hall–Kier alpha value is -1.49. The summed E-state index contributed by atoms with van der Waals surface area (Å²) in [5, 5.41) is 0. The number of carbonyl (C=O) groups is 1. The van der Waals surface area contributed by atoms with E-state index >= 15 is 0 Å². The molecule has 0 aliphatic heterocycles. The fraction of sp³-hybridized carbons (Fsp3) is 0.400. The van der Waals surface area contributed by atoms with Crippen LogP contribution in [0, 0.1) is 5.95 Å². The molecule has 5 heteroatoms. The normalized spacial score (nSPS) is 10.0. The van der Waals surface area contributed by atoms with E-state index in [2.05, 4.69) is 9.72 Å². The molecule has 1 rings (SSSR count). The first-order valence-corrected chi connectivity index (χ1v) is 4.56. The van der Waals surface area contributed by atoms with Gasteiger partial charge in [0.1, 0.15) is 6.61 Å². The number of nitrogens with zero attached hydrogens (tertiary/aromatic N) is 1. The first-order valence-electron chi connectivity index (χ1n) is 4.56. The second-order valence-corrected chi connectivity index (χ2v) is 2.75. The lowest BCUT2D eigenvalue weighted by Crippen LogP contribution is -2.12. The number of halogens is 1. The maximum atomic E-state index is 13.0. The molecule has 0 atom stereocenters. The quantitative estimate of drug-likeness (QED) is 0.546. The molecule has 1 heterocycles. The molecule has 1 aromatic heterocycles. The molecular formula is C10H12FNO3. The predicted octanol–water partition coefficient (Wildman–Crippen LogP) is 1.30. The summed E-state index contributed by atoms with van der Waals surface area (Å²) in [5.41, 5.74) is 0.321. The second-order valence-electron chi connectivity index (χ2n) is 2.75. The standard InChI is InChI=1S/C10H12FNO3/c1-2-15-9(13)7-14-6-8-4-3-5-12-10(8)11/h3-5H,2,6-7H2,1H3. The van der Waals surface area contributed by atoms with E-state index < -0.39 is 11.9 Å². The van der Waals surface area contributed by atoms with E-state index in [0.717, 1.165) is 0 Å². The minimum atomic E-state index is -0.582. The van der Waals surface area contributed by atoms with Crippen LogP contribution in [0.25, 0.3) is 0 Å². The van der Waals surface area contributed by atoms with Crippen LogP contribution in [0.5, 0.6) is 0 Å². The summed E-state index contributed by atoms with van der Waals surface area (Å²) >= 11 is 0. The third kappa shape index (κ3) is 4.03. The van der Waals surface area contributed by atoms with Crippen LogP contribution in [0.4, 0.5) is 4.39 Å². The van der Waals surface area contributed by atoms with Gasteiger partial charge in [0.25, 0.3) is 0 Å². The van der Waals surface area contributed by atoms with Crippen molar-refractivity contribution in [3.05, 3.63) is 29.8 Å². The summed E-state index contributed by atoms with van der Waals surface area (Å²) in [4.78, 5) is 14.3. The average Bonchev–Trinajstić information content (AvgIpc) is 2.21. The number of hydrogen-bond donors (Lipinski definition) is 0. The van der Waals surface area contributed by atoms with E-state index in [-0.39, 0.29) is 13.2 Å². The smallest absolute Gasteiger partial charge is 0.332 e. The average molecular weight is 213 g/mol. The van der Waals surface area contributed by atoms with Crippen LogP contribution in [0.2, 0.25) is 0 Å². The van der Waals surface area contributed by atoms with Gasteiger partial charge in [-0.05, 0) is 13.0 Å². The molecule has 0 radical (unpaired) electrons. The highest BCUT2D eigenvalue weighted by atomic mass is 19.1. The molecule has 82 valence electrons. The Labute approximate surface area is 87.0 Å². The first kappa shape index (κ1) is 11.6. The maximum Gasteiger partial charge on any atom is 0.332 e. The molecular weight excluding hydrogens is 201 g/mol. The topological polar surface area (TPSA) is 48.4 Å². The molecule has 1 aromatic rings. The highest BCUT2D eigenvalue weighted by molar-refractivity contribution is 5.70. The van der Waals surface area contributed by atoms with Crippen LogP contribution in [0.1, 0.15) is 12.5 Å². The van der Waals surface area contributed by atoms with E-state index in [4.69, 9.17) is 4.74 Å². The number of aromatic nitrogens is 1. The molecule has 15 heavy (non-hydrogen) atoms. The van der Waals surface area contributed by atoms with Crippen LogP contribution in [-0.4, -0.2) is 24.2 Å². The van der Waals surface area contributed by atoms with E-state index in [0.29, 0.717) is 12.2 Å². The number of esters is 1. The number of ether oxygens (including phenoxy) is 2. The minimum Gasteiger partial charge on any atom is -0.464 e. The number of carbonyl (C=O) groups excluding carboxylic acids is 1. The highest BCUT2D eigenvalue weighted by Gasteiger charge is 2.05. The Kier molecular flexibility index (Phi) is 4.70. The molecule has 0 saturated carbocycles. The maximum absolute atomic E-state index is 13.0. The summed E-state index contributed by atoms with van der Waals surface area (Å²) in [7, 11) is 0. The second kappa shape index (κ2) is 6.08. The third-order valence-corrected chi connectivity index (χ3v) is 1.62. The Bertz CT molecular complexity index is 330. The fourth-order valence-corrected chi connectivity index (χ4v) is 0.974. The van der Waals surface area contributed by atoms with E-state index in [9.17, 15) is 9.18 Å². The van der Waals surface area contributed by atoms with Crippen LogP contribution in [0.15, 0.2) is 18.3 Å². The molecule has 0 saturated heterocycles. The molecule has 4 nitrogen and oxygen atoms in total. The van der Waals surface area contributed by atoms with Crippen molar-refractivity contribution in [2.75, 3.05) is 13.2 Å². The number of pyridine rings is 1. The van der Waals surface area contributed by atoms with Gasteiger partial charge in [0.2, 0.25) is 5.95 Å². The third-order valence-electron chi connectivity index (χ3n) is 1.62. The van der Waals surface area contributed by atoms with Crippen molar-refractivity contribution in [3.8, 4) is 0 Å². The summed E-state index contributed by atoms with van der Waals surface area (Å²) in [5.74, 6) is -1.04. The van der Waals surface area contributed by atoms with Crippen LogP contribution < -0.4 is 0 Å². The fourth-order valence-electron chi connectivity index (χ4n) is 0.974. The van der Waals surface area contributed by atoms with Crippen molar-refractivity contribution in [1.82, 2.24) is 4.98 Å². The van der Waals surface area contributed by atoms with Crippen molar-refractivity contribution in [3.63, 3.8) is 0 Å². The van der Waals surface area contributed by atoms with E-state index in [1.165, 1.54) is 6.20 Å². The van der Waals surface area contributed by atoms with E-state index in [1.807, 2.05) is 0 Å². The van der Waals surface area contributed by atoms with Gasteiger partial charge < -0.3 is 9.47 Å². The van der Waals surface area contributed by atoms with Gasteiger partial charge in [0.15, 0.2) is 0 Å². The van der Waals surface area contributed by atoms with Gasteiger partial charge in [-0.15, -0.1) is 0 Å². The van der Waals surface area contributed by atoms with Crippen molar-refractivity contribution in [2.24, 2.45) is 0 Å². The van der Waals surface area contributed by atoms with Gasteiger partial charge in [0, 0.05) is 11.8 Å². The van der Waals surface area contributed by atoms with Crippen molar-refractivity contribution < 1.29 is 18.7 Å². The molecule has 0 aromatic carbocycles. The van der Waals surface area contributed by atoms with Gasteiger partial charge in [-0.3, -0.25) is 0 Å². The van der Waals surface area contributed by atoms with Crippen molar-refractivity contribution in [1.29, 1.82) is 0 Å². The summed E-state index contributed by atoms with van der Waals surface area (Å²) in [6, 6.07) is 3.15. The number of rotatable bonds is 5. The Morgan fingerprint density at radius 1 is 1.60 bits per heavy atom. The Balaban J connectivity index is 2.32. The van der Waals surface area contributed by atoms with E-state index in [1.54, 1.807) is 19.1 Å². The molecule has 0 spiro atoms. The lowest BCUT2D eigenvalue weighted by Gasteiger charge is -2.04. The van der Waals surface area contributed by atoms with Gasteiger partial charge in [-0.25, -0.2) is 9.78 Å². The largest absolute Gasteiger partial charge is 0.464 e. The SMILES string of the molecule is CCOC(=O)COCc1cccnc1F. The number of hydrogen-bond acceptors (Lipinski definition) is 4. The van der Waals surface area contributed by atoms with Crippen LogP contribution >= 0.6 is 0 Å². The van der Waals surface area contributed by atoms with Crippen LogP contribution in [0.3, 0.4) is 0 Å². The van der Waals surface area contributed by atoms with Gasteiger partial charge in [0.05, 0.1) is 13.2 Å². The molecule has 0 bridgehead atoms. The van der Waals surface area contributed by atoms with Crippen LogP contribution in [-0.2, 0) is 20.9 Å². The molecule has 0 N–H and O–H groups in total. The van der Waals surface area contributed by atoms with Crippen molar-refractivity contribution >= 4 is 5.97 Å². The predicted molar refractivity (Wildman–Crippen MR) is 50.5 cm³/mol. The molecule has 0 aliphatic rings. The molecule has 0 amide bonds. The molecule has 0 aliphatic carbocycles. The lowest BCUT2D eigenvalue weighted by molar-refractivity contribution is -0.148. The Morgan fingerprint density at radius 3 is 3.07 bits per heavy atom. The zero-order chi connectivity index (χ0) is 11.1. The lowest BCUT2D eigenvalue weighted by atomic mass is 10.3. The Morgan fingerprint density at radius 2 is 2.40 bits per heavy atom. The van der Waals surface area contributed by atoms with Crippen molar-refractivity contribution in [2.45, 2.75) is 13.5 Å². The van der Waals surface area contributed by atoms with Gasteiger partial charge in [-0.1, -0.05) is 6.07 Å². The summed E-state index contributed by atoms with van der Waals surface area (Å²) in [6.07, 6.45) is 1.35. The highest BCUT2D eigenvalue weighted by Crippen LogP contribution is 2.04.